The zero-order valence-corrected chi connectivity index (χ0v) is 13.9. The van der Waals surface area contributed by atoms with Crippen molar-refractivity contribution in [3.05, 3.63) is 63.7 Å². The van der Waals surface area contributed by atoms with Gasteiger partial charge >= 0.3 is 0 Å². The molecule has 0 fully saturated rings. The second-order valence-electron chi connectivity index (χ2n) is 6.73. The Morgan fingerprint density at radius 2 is 1.35 bits per heavy atom. The van der Waals surface area contributed by atoms with Gasteiger partial charge in [-0.05, 0) is 29.0 Å². The van der Waals surface area contributed by atoms with Crippen molar-refractivity contribution in [2.24, 2.45) is 0 Å². The second-order valence-corrected chi connectivity index (χ2v) is 6.73. The highest BCUT2D eigenvalue weighted by molar-refractivity contribution is 6.29. The van der Waals surface area contributed by atoms with E-state index < -0.39 is 0 Å². The molecule has 0 aliphatic heterocycles. The van der Waals surface area contributed by atoms with Crippen LogP contribution in [0.25, 0.3) is 0 Å². The van der Waals surface area contributed by atoms with Crippen molar-refractivity contribution in [3.8, 4) is 0 Å². The van der Waals surface area contributed by atoms with Gasteiger partial charge in [0.1, 0.15) is 0 Å². The molecule has 0 radical (unpaired) electrons. The summed E-state index contributed by atoms with van der Waals surface area (Å²) in [6.45, 7) is 8.03. The van der Waals surface area contributed by atoms with E-state index in [1.807, 2.05) is 33.8 Å². The van der Waals surface area contributed by atoms with E-state index in [1.54, 1.807) is 24.3 Å². The van der Waals surface area contributed by atoms with Crippen LogP contribution in [0.5, 0.6) is 0 Å². The summed E-state index contributed by atoms with van der Waals surface area (Å²) in [5.41, 5.74) is 10.5. The molecule has 118 valence electrons. The standard InChI is InChI=1S/C20H21NO2/c1-10(2)14-9-15(21)16(11(3)4)18-17(14)19(22)12-7-5-6-8-13(12)20(18)23/h5-11H,21H2,1-4H3. The van der Waals surface area contributed by atoms with Crippen molar-refractivity contribution in [2.75, 3.05) is 5.73 Å². The van der Waals surface area contributed by atoms with Gasteiger partial charge in [0, 0.05) is 27.9 Å². The Hall–Kier alpha value is -2.42. The number of fused-ring (bicyclic) bond motifs is 2. The minimum atomic E-state index is -0.0897. The topological polar surface area (TPSA) is 60.2 Å². The van der Waals surface area contributed by atoms with Crippen molar-refractivity contribution < 1.29 is 9.59 Å². The molecule has 3 rings (SSSR count). The Bertz CT molecular complexity index is 832. The largest absolute Gasteiger partial charge is 0.398 e. The third kappa shape index (κ3) is 2.19. The van der Waals surface area contributed by atoms with Crippen LogP contribution in [0.1, 0.15) is 82.5 Å². The average Bonchev–Trinajstić information content (AvgIpc) is 2.51. The first-order chi connectivity index (χ1) is 10.8. The summed E-state index contributed by atoms with van der Waals surface area (Å²) in [4.78, 5) is 26.2. The summed E-state index contributed by atoms with van der Waals surface area (Å²) in [5, 5.41) is 0. The fourth-order valence-corrected chi connectivity index (χ4v) is 3.45. The van der Waals surface area contributed by atoms with Crippen LogP contribution in [0.2, 0.25) is 0 Å². The van der Waals surface area contributed by atoms with E-state index in [4.69, 9.17) is 5.73 Å². The number of nitrogen functional groups attached to an aromatic ring is 1. The molecule has 3 nitrogen and oxygen atoms in total. The van der Waals surface area contributed by atoms with E-state index in [-0.39, 0.29) is 23.4 Å². The van der Waals surface area contributed by atoms with Gasteiger partial charge in [0.2, 0.25) is 0 Å². The first-order valence-electron chi connectivity index (χ1n) is 7.99. The number of rotatable bonds is 2. The van der Waals surface area contributed by atoms with Gasteiger partial charge in [-0.2, -0.15) is 0 Å². The number of carbonyl (C=O) groups excluding carboxylic acids is 2. The summed E-state index contributed by atoms with van der Waals surface area (Å²) in [5.74, 6) is 0.0372. The lowest BCUT2D eigenvalue weighted by Gasteiger charge is -2.27. The van der Waals surface area contributed by atoms with Crippen LogP contribution in [0.3, 0.4) is 0 Å². The van der Waals surface area contributed by atoms with Gasteiger partial charge in [-0.25, -0.2) is 0 Å². The monoisotopic (exact) mass is 307 g/mol. The first kappa shape index (κ1) is 15.5. The third-order valence-corrected chi connectivity index (χ3v) is 4.50. The Morgan fingerprint density at radius 3 is 1.83 bits per heavy atom. The summed E-state index contributed by atoms with van der Waals surface area (Å²) < 4.78 is 0. The lowest BCUT2D eigenvalue weighted by atomic mass is 9.75. The number of anilines is 1. The molecule has 2 N–H and O–H groups in total. The molecule has 0 aromatic heterocycles. The molecule has 1 aliphatic carbocycles. The molecule has 0 saturated heterocycles. The van der Waals surface area contributed by atoms with Gasteiger partial charge in [0.15, 0.2) is 11.6 Å². The molecule has 0 heterocycles. The summed E-state index contributed by atoms with van der Waals surface area (Å²) >= 11 is 0. The van der Waals surface area contributed by atoms with E-state index in [0.717, 1.165) is 11.1 Å². The SMILES string of the molecule is CC(C)c1cc(N)c(C(C)C)c2c1C(=O)c1ccccc1C2=O. The van der Waals surface area contributed by atoms with E-state index in [2.05, 4.69) is 0 Å². The van der Waals surface area contributed by atoms with Crippen molar-refractivity contribution in [2.45, 2.75) is 39.5 Å². The smallest absolute Gasteiger partial charge is 0.194 e. The zero-order valence-electron chi connectivity index (χ0n) is 13.9. The van der Waals surface area contributed by atoms with Gasteiger partial charge in [-0.3, -0.25) is 9.59 Å². The van der Waals surface area contributed by atoms with Crippen molar-refractivity contribution in [1.29, 1.82) is 0 Å². The van der Waals surface area contributed by atoms with Gasteiger partial charge in [-0.1, -0.05) is 52.0 Å². The number of hydrogen-bond acceptors (Lipinski definition) is 3. The Labute approximate surface area is 136 Å². The number of carbonyl (C=O) groups is 2. The molecule has 2 aromatic rings. The van der Waals surface area contributed by atoms with Gasteiger partial charge in [0.25, 0.3) is 0 Å². The van der Waals surface area contributed by atoms with E-state index in [0.29, 0.717) is 27.9 Å². The van der Waals surface area contributed by atoms with Crippen LogP contribution in [0.15, 0.2) is 30.3 Å². The first-order valence-corrected chi connectivity index (χ1v) is 7.99. The van der Waals surface area contributed by atoms with Crippen LogP contribution in [-0.2, 0) is 0 Å². The highest BCUT2D eigenvalue weighted by Gasteiger charge is 2.35. The molecule has 0 unspecified atom stereocenters. The van der Waals surface area contributed by atoms with Crippen LogP contribution in [0.4, 0.5) is 5.69 Å². The van der Waals surface area contributed by atoms with E-state index in [1.165, 1.54) is 0 Å². The predicted molar refractivity (Wildman–Crippen MR) is 92.3 cm³/mol. The highest BCUT2D eigenvalue weighted by Crippen LogP contribution is 2.39. The van der Waals surface area contributed by atoms with Gasteiger partial charge in [-0.15, -0.1) is 0 Å². The zero-order chi connectivity index (χ0) is 16.9. The number of ketones is 2. The normalized spacial score (nSPS) is 13.5. The van der Waals surface area contributed by atoms with Crippen molar-refractivity contribution >= 4 is 17.3 Å². The molecular formula is C20H21NO2. The number of hydrogen-bond donors (Lipinski definition) is 1. The number of nitrogens with two attached hydrogens (primary N) is 1. The van der Waals surface area contributed by atoms with Crippen molar-refractivity contribution in [1.82, 2.24) is 0 Å². The minimum Gasteiger partial charge on any atom is -0.398 e. The fraction of sp³-hybridized carbons (Fsp3) is 0.300. The van der Waals surface area contributed by atoms with Crippen LogP contribution in [0, 0.1) is 0 Å². The Morgan fingerprint density at radius 1 is 0.826 bits per heavy atom. The maximum Gasteiger partial charge on any atom is 0.194 e. The molecule has 2 aromatic carbocycles. The van der Waals surface area contributed by atoms with Gasteiger partial charge in [0.05, 0.1) is 0 Å². The summed E-state index contributed by atoms with van der Waals surface area (Å²) in [7, 11) is 0. The second kappa shape index (κ2) is 5.34. The van der Waals surface area contributed by atoms with Crippen LogP contribution in [-0.4, -0.2) is 11.6 Å². The summed E-state index contributed by atoms with van der Waals surface area (Å²) in [6.07, 6.45) is 0. The minimum absolute atomic E-state index is 0.0687. The molecule has 0 bridgehead atoms. The Balaban J connectivity index is 2.44. The molecule has 3 heteroatoms. The maximum atomic E-state index is 13.1. The molecule has 0 amide bonds. The molecule has 23 heavy (non-hydrogen) atoms. The van der Waals surface area contributed by atoms with E-state index >= 15 is 0 Å². The maximum absolute atomic E-state index is 13.1. The Kier molecular flexibility index (Phi) is 3.59. The number of benzene rings is 2. The summed E-state index contributed by atoms with van der Waals surface area (Å²) in [6, 6.07) is 8.91. The van der Waals surface area contributed by atoms with Gasteiger partial charge < -0.3 is 5.73 Å². The quantitative estimate of drug-likeness (QED) is 0.718. The predicted octanol–water partition coefficient (Wildman–Crippen LogP) is 4.29. The molecule has 0 saturated carbocycles. The average molecular weight is 307 g/mol. The lowest BCUT2D eigenvalue weighted by Crippen LogP contribution is -2.26. The fourth-order valence-electron chi connectivity index (χ4n) is 3.45. The molecule has 0 atom stereocenters. The molecule has 0 spiro atoms. The third-order valence-electron chi connectivity index (χ3n) is 4.50. The highest BCUT2D eigenvalue weighted by atomic mass is 16.1. The van der Waals surface area contributed by atoms with Crippen LogP contribution < -0.4 is 5.73 Å². The van der Waals surface area contributed by atoms with Crippen molar-refractivity contribution in [3.63, 3.8) is 0 Å². The molecule has 1 aliphatic rings. The molecular weight excluding hydrogens is 286 g/mol. The van der Waals surface area contributed by atoms with Crippen LogP contribution >= 0.6 is 0 Å². The lowest BCUT2D eigenvalue weighted by molar-refractivity contribution is 0.0977. The van der Waals surface area contributed by atoms with E-state index in [9.17, 15) is 9.59 Å².